The summed E-state index contributed by atoms with van der Waals surface area (Å²) in [6.07, 6.45) is 21.2. The number of aliphatic hydroxyl groups is 10. The molecule has 3 rings (SSSR count). The SMILES string of the molecule is CCCCCCCCCCCCCCCCCCCC(=O)OCC(COP(=O)(O)OC1C(OC2OC(CO)C(O)C(O)C2O)C(O)C(O)C(O)C1OC1OC(COC(=O)CCCCCCCCCCCCCCCCC)C(O)C(O)C1O)OC(=O)CCCCCCCCCCCCCCCCCCC. The fourth-order valence-electron chi connectivity index (χ4n) is 14.1. The zero-order valence-corrected chi connectivity index (χ0v) is 65.5. The van der Waals surface area contributed by atoms with E-state index in [4.69, 9.17) is 42.2 Å². The molecule has 0 aromatic carbocycles. The summed E-state index contributed by atoms with van der Waals surface area (Å²) in [4.78, 5) is 51.2. The summed E-state index contributed by atoms with van der Waals surface area (Å²) >= 11 is 0. The Labute approximate surface area is 625 Å². The van der Waals surface area contributed by atoms with Crippen molar-refractivity contribution in [3.63, 3.8) is 0 Å². The lowest BCUT2D eigenvalue weighted by Crippen LogP contribution is -2.69. The second-order valence-corrected chi connectivity index (χ2v) is 31.6. The van der Waals surface area contributed by atoms with Crippen LogP contribution in [0.1, 0.15) is 355 Å². The summed E-state index contributed by atoms with van der Waals surface area (Å²) in [5, 5.41) is 110. The predicted octanol–water partition coefficient (Wildman–Crippen LogP) is 13.3. The van der Waals surface area contributed by atoms with Crippen LogP contribution in [0.15, 0.2) is 0 Å². The largest absolute Gasteiger partial charge is 0.472 e. The third-order valence-electron chi connectivity index (χ3n) is 20.9. The standard InChI is InChI=1S/C79H149O24P/c1-4-7-10-13-16-19-22-25-28-30-33-36-38-41-44-47-50-53-63(81)95-57-60(98-65(83)55-52-49-46-43-40-37-34-31-29-26-23-20-17-14-11-8-5-2)58-97-104(93,94)103-77-75(101-78-73(91)68(86)66(84)61(56-80)99-78)71(89)70(88)72(90)76(77)102-79-74(92)69(87)67(85)62(100-79)59-96-64(82)54-51-48-45-42-39-35-32-27-24-21-18-15-12-9-6-3/h60-62,66-80,84-92H,4-59H2,1-3H3,(H,93,94). The van der Waals surface area contributed by atoms with Crippen LogP contribution in [0.25, 0.3) is 0 Å². The molecule has 18 unspecified atom stereocenters. The number of hydrogen-bond donors (Lipinski definition) is 11. The van der Waals surface area contributed by atoms with Gasteiger partial charge in [0.1, 0.15) is 98.7 Å². The van der Waals surface area contributed by atoms with Gasteiger partial charge in [0.2, 0.25) is 0 Å². The van der Waals surface area contributed by atoms with E-state index in [1.807, 2.05) is 0 Å². The molecule has 614 valence electrons. The molecule has 1 aliphatic carbocycles. The van der Waals surface area contributed by atoms with Gasteiger partial charge in [0.25, 0.3) is 0 Å². The topological polar surface area (TPSA) is 374 Å². The second-order valence-electron chi connectivity index (χ2n) is 30.2. The fourth-order valence-corrected chi connectivity index (χ4v) is 15.1. The van der Waals surface area contributed by atoms with Gasteiger partial charge in [-0.3, -0.25) is 23.4 Å². The lowest BCUT2D eigenvalue weighted by Gasteiger charge is -2.49. The Kier molecular flexibility index (Phi) is 56.1. The maximum Gasteiger partial charge on any atom is 0.472 e. The zero-order valence-electron chi connectivity index (χ0n) is 64.6. The summed E-state index contributed by atoms with van der Waals surface area (Å²) in [6.45, 7) is 3.53. The molecule has 0 aromatic heterocycles. The van der Waals surface area contributed by atoms with Crippen molar-refractivity contribution in [2.24, 2.45) is 0 Å². The molecule has 1 saturated carbocycles. The Balaban J connectivity index is 1.69. The quantitative estimate of drug-likeness (QED) is 0.0117. The van der Waals surface area contributed by atoms with Gasteiger partial charge in [-0.1, -0.05) is 316 Å². The van der Waals surface area contributed by atoms with E-state index in [2.05, 4.69) is 20.8 Å². The molecular weight excluding hydrogens is 1360 g/mol. The van der Waals surface area contributed by atoms with Crippen LogP contribution in [-0.4, -0.2) is 204 Å². The summed E-state index contributed by atoms with van der Waals surface area (Å²) < 4.78 is 65.3. The highest BCUT2D eigenvalue weighted by molar-refractivity contribution is 7.47. The van der Waals surface area contributed by atoms with E-state index >= 15 is 0 Å². The molecule has 11 N–H and O–H groups in total. The number of aliphatic hydroxyl groups excluding tert-OH is 10. The summed E-state index contributed by atoms with van der Waals surface area (Å²) in [6, 6.07) is 0. The van der Waals surface area contributed by atoms with E-state index < -0.39 is 156 Å². The number of esters is 3. The third-order valence-corrected chi connectivity index (χ3v) is 21.9. The molecule has 0 spiro atoms. The van der Waals surface area contributed by atoms with Gasteiger partial charge in [-0.2, -0.15) is 0 Å². The number of hydrogen-bond acceptors (Lipinski definition) is 23. The summed E-state index contributed by atoms with van der Waals surface area (Å²) in [7, 11) is -5.70. The average molecular weight is 1510 g/mol. The number of phosphoric acid groups is 1. The van der Waals surface area contributed by atoms with Crippen LogP contribution < -0.4 is 0 Å². The van der Waals surface area contributed by atoms with Crippen LogP contribution in [0.2, 0.25) is 0 Å². The maximum absolute atomic E-state index is 14.4. The van der Waals surface area contributed by atoms with Gasteiger partial charge in [-0.25, -0.2) is 4.57 Å². The van der Waals surface area contributed by atoms with Crippen LogP contribution in [0, 0.1) is 0 Å². The number of phosphoric ester groups is 1. The van der Waals surface area contributed by atoms with Gasteiger partial charge in [0, 0.05) is 19.3 Å². The van der Waals surface area contributed by atoms with Gasteiger partial charge in [-0.15, -0.1) is 0 Å². The average Bonchev–Trinajstić information content (AvgIpc) is 0.761. The first kappa shape index (κ1) is 96.2. The predicted molar refractivity (Wildman–Crippen MR) is 398 cm³/mol. The zero-order chi connectivity index (χ0) is 76.0. The number of carbonyl (C=O) groups excluding carboxylic acids is 3. The van der Waals surface area contributed by atoms with Crippen molar-refractivity contribution in [2.45, 2.75) is 459 Å². The Hall–Kier alpha value is -2.04. The van der Waals surface area contributed by atoms with Gasteiger partial charge in [0.05, 0.1) is 13.2 Å². The Morgan fingerprint density at radius 3 is 0.942 bits per heavy atom. The molecule has 104 heavy (non-hydrogen) atoms. The van der Waals surface area contributed by atoms with E-state index in [9.17, 15) is 74.9 Å². The molecule has 0 radical (unpaired) electrons. The van der Waals surface area contributed by atoms with Crippen molar-refractivity contribution in [3.05, 3.63) is 0 Å². The summed E-state index contributed by atoms with van der Waals surface area (Å²) in [5.74, 6) is -1.96. The molecule has 25 heteroatoms. The van der Waals surface area contributed by atoms with Crippen LogP contribution in [0.4, 0.5) is 0 Å². The maximum atomic E-state index is 14.4. The van der Waals surface area contributed by atoms with Crippen LogP contribution >= 0.6 is 7.82 Å². The van der Waals surface area contributed by atoms with Crippen molar-refractivity contribution in [2.75, 3.05) is 26.4 Å². The Morgan fingerprint density at radius 2 is 0.615 bits per heavy atom. The van der Waals surface area contributed by atoms with Crippen molar-refractivity contribution >= 4 is 25.7 Å². The molecule has 18 atom stereocenters. The highest BCUT2D eigenvalue weighted by Crippen LogP contribution is 2.49. The molecule has 2 heterocycles. The van der Waals surface area contributed by atoms with Crippen molar-refractivity contribution in [3.8, 4) is 0 Å². The van der Waals surface area contributed by atoms with E-state index in [-0.39, 0.29) is 19.3 Å². The monoisotopic (exact) mass is 1510 g/mol. The van der Waals surface area contributed by atoms with Crippen LogP contribution in [0.3, 0.4) is 0 Å². The second kappa shape index (κ2) is 60.7. The molecule has 3 fully saturated rings. The normalized spacial score (nSPS) is 26.7. The minimum Gasteiger partial charge on any atom is -0.463 e. The molecule has 24 nitrogen and oxygen atoms in total. The molecule has 0 bridgehead atoms. The highest BCUT2D eigenvalue weighted by atomic mass is 31.2. The molecule has 0 aromatic rings. The molecule has 2 aliphatic heterocycles. The summed E-state index contributed by atoms with van der Waals surface area (Å²) in [5.41, 5.74) is 0. The first-order chi connectivity index (χ1) is 50.3. The van der Waals surface area contributed by atoms with Gasteiger partial charge in [-0.05, 0) is 19.3 Å². The number of unbranched alkanes of at least 4 members (excludes halogenated alkanes) is 46. The number of rotatable bonds is 67. The van der Waals surface area contributed by atoms with E-state index in [1.165, 1.54) is 205 Å². The first-order valence-electron chi connectivity index (χ1n) is 41.8. The molecule has 2 saturated heterocycles. The fraction of sp³-hybridized carbons (Fsp3) is 0.962. The van der Waals surface area contributed by atoms with Crippen LogP contribution in [-0.2, 0) is 61.2 Å². The third kappa shape index (κ3) is 42.4. The number of ether oxygens (including phenoxy) is 7. The van der Waals surface area contributed by atoms with Crippen molar-refractivity contribution in [1.82, 2.24) is 0 Å². The lowest BCUT2D eigenvalue weighted by molar-refractivity contribution is -0.360. The van der Waals surface area contributed by atoms with Crippen molar-refractivity contribution < 1.29 is 117 Å². The van der Waals surface area contributed by atoms with E-state index in [1.54, 1.807) is 0 Å². The smallest absolute Gasteiger partial charge is 0.463 e. The molecule has 3 aliphatic rings. The minimum atomic E-state index is -5.70. The Bertz CT molecular complexity index is 2130. The van der Waals surface area contributed by atoms with Gasteiger partial charge in [0.15, 0.2) is 18.7 Å². The molecular formula is C79H149O24P. The minimum absolute atomic E-state index is 0.0323. The van der Waals surface area contributed by atoms with E-state index in [0.717, 1.165) is 89.9 Å². The Morgan fingerprint density at radius 1 is 0.337 bits per heavy atom. The van der Waals surface area contributed by atoms with Gasteiger partial charge >= 0.3 is 25.7 Å². The van der Waals surface area contributed by atoms with Crippen molar-refractivity contribution in [1.29, 1.82) is 0 Å². The molecule has 0 amide bonds. The van der Waals surface area contributed by atoms with Gasteiger partial charge < -0.3 is 89.1 Å². The van der Waals surface area contributed by atoms with Crippen LogP contribution in [0.5, 0.6) is 0 Å². The lowest BCUT2D eigenvalue weighted by atomic mass is 9.84. The first-order valence-corrected chi connectivity index (χ1v) is 43.3. The number of carbonyl (C=O) groups is 3. The highest BCUT2D eigenvalue weighted by Gasteiger charge is 2.58. The van der Waals surface area contributed by atoms with E-state index in [0.29, 0.717) is 19.3 Å².